The summed E-state index contributed by atoms with van der Waals surface area (Å²) < 4.78 is 5.68. The fraction of sp³-hybridized carbons (Fsp3) is 0.333. The second kappa shape index (κ2) is 8.97. The molecule has 1 aliphatic rings. The second-order valence-corrected chi connectivity index (χ2v) is 7.17. The Morgan fingerprint density at radius 1 is 1.04 bits per heavy atom. The van der Waals surface area contributed by atoms with Crippen molar-refractivity contribution in [3.63, 3.8) is 0 Å². The van der Waals surface area contributed by atoms with Gasteiger partial charge >= 0.3 is 0 Å². The summed E-state index contributed by atoms with van der Waals surface area (Å²) in [5.41, 5.74) is 0.552. The summed E-state index contributed by atoms with van der Waals surface area (Å²) in [5.74, 6) is 0.463. The van der Waals surface area contributed by atoms with Gasteiger partial charge < -0.3 is 19.6 Å². The maximum absolute atomic E-state index is 12.7. The normalized spacial score (nSPS) is 15.6. The average Bonchev–Trinajstić information content (AvgIpc) is 2.94. The minimum Gasteiger partial charge on any atom is -0.508 e. The van der Waals surface area contributed by atoms with Crippen molar-refractivity contribution >= 4 is 23.4 Å². The molecule has 1 N–H and O–H groups in total. The van der Waals surface area contributed by atoms with Gasteiger partial charge in [-0.25, -0.2) is 0 Å². The summed E-state index contributed by atoms with van der Waals surface area (Å²) >= 11 is 5.98. The van der Waals surface area contributed by atoms with Gasteiger partial charge in [-0.05, 0) is 55.8 Å². The Balaban J connectivity index is 1.58. The van der Waals surface area contributed by atoms with Crippen LogP contribution in [-0.4, -0.2) is 59.0 Å². The molecule has 1 aliphatic heterocycles. The number of halogens is 1. The number of nitrogens with zero attached hydrogens (tertiary/aromatic N) is 2. The quantitative estimate of drug-likeness (QED) is 0.852. The highest BCUT2D eigenvalue weighted by molar-refractivity contribution is 6.30. The third kappa shape index (κ3) is 4.95. The van der Waals surface area contributed by atoms with Crippen LogP contribution in [0, 0.1) is 0 Å². The maximum Gasteiger partial charge on any atom is 0.263 e. The Morgan fingerprint density at radius 3 is 2.43 bits per heavy atom. The number of carbonyl (C=O) groups is 2. The molecule has 2 aromatic carbocycles. The molecule has 1 unspecified atom stereocenters. The van der Waals surface area contributed by atoms with Gasteiger partial charge in [-0.15, -0.1) is 0 Å². The molecule has 0 aromatic heterocycles. The van der Waals surface area contributed by atoms with E-state index in [1.807, 2.05) is 0 Å². The molecular weight excluding hydrogens is 380 g/mol. The second-order valence-electron chi connectivity index (χ2n) is 6.74. The number of hydrogen-bond acceptors (Lipinski definition) is 4. The highest BCUT2D eigenvalue weighted by atomic mass is 35.5. The summed E-state index contributed by atoms with van der Waals surface area (Å²) in [6, 6.07) is 13.2. The third-order valence-corrected chi connectivity index (χ3v) is 4.90. The Labute approximate surface area is 169 Å². The lowest BCUT2D eigenvalue weighted by Gasteiger charge is -2.25. The van der Waals surface area contributed by atoms with Crippen molar-refractivity contribution in [1.29, 1.82) is 0 Å². The van der Waals surface area contributed by atoms with E-state index in [1.54, 1.807) is 53.1 Å². The number of hydrogen-bond donors (Lipinski definition) is 1. The molecular formula is C21H23ClN2O4. The van der Waals surface area contributed by atoms with Crippen LogP contribution < -0.4 is 4.74 Å². The average molecular weight is 403 g/mol. The van der Waals surface area contributed by atoms with Gasteiger partial charge in [0.1, 0.15) is 11.5 Å². The minimum absolute atomic E-state index is 0.0785. The van der Waals surface area contributed by atoms with Crippen molar-refractivity contribution in [2.75, 3.05) is 26.2 Å². The molecule has 3 rings (SSSR count). The molecule has 148 valence electrons. The molecule has 0 bridgehead atoms. The number of carbonyl (C=O) groups excluding carboxylic acids is 2. The molecule has 2 amide bonds. The molecule has 0 radical (unpaired) electrons. The number of phenols is 1. The van der Waals surface area contributed by atoms with Gasteiger partial charge in [-0.2, -0.15) is 0 Å². The Bertz CT molecular complexity index is 841. The molecule has 7 heteroatoms. The molecule has 1 atom stereocenters. The van der Waals surface area contributed by atoms with Crippen LogP contribution >= 0.6 is 11.6 Å². The Kier molecular flexibility index (Phi) is 6.41. The van der Waals surface area contributed by atoms with Gasteiger partial charge in [0.05, 0.1) is 0 Å². The summed E-state index contributed by atoms with van der Waals surface area (Å²) in [5, 5.41) is 9.86. The van der Waals surface area contributed by atoms with Crippen LogP contribution in [0.25, 0.3) is 0 Å². The van der Waals surface area contributed by atoms with Crippen LogP contribution in [-0.2, 0) is 4.79 Å². The van der Waals surface area contributed by atoms with Gasteiger partial charge in [-0.1, -0.05) is 17.7 Å². The largest absolute Gasteiger partial charge is 0.508 e. The lowest BCUT2D eigenvalue weighted by Crippen LogP contribution is -2.43. The Hall–Kier alpha value is -2.73. The van der Waals surface area contributed by atoms with Crippen molar-refractivity contribution in [3.8, 4) is 11.5 Å². The summed E-state index contributed by atoms with van der Waals surface area (Å²) in [6.45, 7) is 3.77. The molecule has 6 nitrogen and oxygen atoms in total. The van der Waals surface area contributed by atoms with Crippen molar-refractivity contribution < 1.29 is 19.4 Å². The van der Waals surface area contributed by atoms with Crippen LogP contribution in [0.1, 0.15) is 23.7 Å². The van der Waals surface area contributed by atoms with E-state index in [1.165, 1.54) is 12.1 Å². The minimum atomic E-state index is -0.653. The first-order valence-electron chi connectivity index (χ1n) is 9.23. The topological polar surface area (TPSA) is 70.1 Å². The van der Waals surface area contributed by atoms with Crippen LogP contribution in [0.5, 0.6) is 11.5 Å². The van der Waals surface area contributed by atoms with E-state index in [0.29, 0.717) is 48.9 Å². The highest BCUT2D eigenvalue weighted by Gasteiger charge is 2.26. The first kappa shape index (κ1) is 20.0. The van der Waals surface area contributed by atoms with Crippen LogP contribution in [0.4, 0.5) is 0 Å². The number of ether oxygens (including phenoxy) is 1. The van der Waals surface area contributed by atoms with Crippen molar-refractivity contribution in [2.24, 2.45) is 0 Å². The number of amides is 2. The molecule has 0 spiro atoms. The summed E-state index contributed by atoms with van der Waals surface area (Å²) in [7, 11) is 0. The number of benzene rings is 2. The monoisotopic (exact) mass is 402 g/mol. The molecule has 1 fully saturated rings. The van der Waals surface area contributed by atoms with Crippen molar-refractivity contribution in [3.05, 3.63) is 59.1 Å². The van der Waals surface area contributed by atoms with Gasteiger partial charge in [0.15, 0.2) is 6.10 Å². The smallest absolute Gasteiger partial charge is 0.263 e. The zero-order valence-electron chi connectivity index (χ0n) is 15.7. The van der Waals surface area contributed by atoms with E-state index in [4.69, 9.17) is 16.3 Å². The zero-order chi connectivity index (χ0) is 20.1. The first-order valence-corrected chi connectivity index (χ1v) is 9.61. The molecule has 1 heterocycles. The fourth-order valence-corrected chi connectivity index (χ4v) is 3.37. The number of aromatic hydroxyl groups is 1. The number of phenolic OH excluding ortho intramolecular Hbond substituents is 1. The first-order chi connectivity index (χ1) is 13.4. The molecule has 0 aliphatic carbocycles. The van der Waals surface area contributed by atoms with Crippen LogP contribution in [0.15, 0.2) is 48.5 Å². The lowest BCUT2D eigenvalue weighted by molar-refractivity contribution is -0.137. The molecule has 0 saturated carbocycles. The predicted octanol–water partition coefficient (Wildman–Crippen LogP) is 3.19. The van der Waals surface area contributed by atoms with E-state index in [0.717, 1.165) is 0 Å². The van der Waals surface area contributed by atoms with Crippen LogP contribution in [0.3, 0.4) is 0 Å². The van der Waals surface area contributed by atoms with Gasteiger partial charge in [0.25, 0.3) is 11.8 Å². The molecule has 2 aromatic rings. The van der Waals surface area contributed by atoms with E-state index in [2.05, 4.69) is 0 Å². The zero-order valence-corrected chi connectivity index (χ0v) is 16.4. The van der Waals surface area contributed by atoms with Gasteiger partial charge in [0, 0.05) is 36.8 Å². The van der Waals surface area contributed by atoms with Gasteiger partial charge in [-0.3, -0.25) is 9.59 Å². The lowest BCUT2D eigenvalue weighted by atomic mass is 10.2. The van der Waals surface area contributed by atoms with E-state index in [9.17, 15) is 14.7 Å². The van der Waals surface area contributed by atoms with E-state index in [-0.39, 0.29) is 17.6 Å². The summed E-state index contributed by atoms with van der Waals surface area (Å²) in [6.07, 6.45) is 0.0454. The van der Waals surface area contributed by atoms with E-state index >= 15 is 0 Å². The molecule has 28 heavy (non-hydrogen) atoms. The van der Waals surface area contributed by atoms with Gasteiger partial charge in [0.2, 0.25) is 0 Å². The number of rotatable bonds is 4. The SMILES string of the molecule is CC(Oc1ccc(O)cc1)C(=O)N1CCCN(C(=O)c2cccc(Cl)c2)CC1. The van der Waals surface area contributed by atoms with Crippen LogP contribution in [0.2, 0.25) is 5.02 Å². The molecule has 1 saturated heterocycles. The highest BCUT2D eigenvalue weighted by Crippen LogP contribution is 2.19. The standard InChI is InChI=1S/C21H23ClN2O4/c1-15(28-19-8-6-18(25)7-9-19)20(26)23-10-3-11-24(13-12-23)21(27)16-4-2-5-17(22)14-16/h2,4-9,14-15,25H,3,10-13H2,1H3. The summed E-state index contributed by atoms with van der Waals surface area (Å²) in [4.78, 5) is 28.9. The third-order valence-electron chi connectivity index (χ3n) is 4.66. The maximum atomic E-state index is 12.7. The Morgan fingerprint density at radius 2 is 1.71 bits per heavy atom. The fourth-order valence-electron chi connectivity index (χ4n) is 3.18. The van der Waals surface area contributed by atoms with Crippen molar-refractivity contribution in [1.82, 2.24) is 9.80 Å². The van der Waals surface area contributed by atoms with Crippen molar-refractivity contribution in [2.45, 2.75) is 19.4 Å². The van der Waals surface area contributed by atoms with E-state index < -0.39 is 6.10 Å². The predicted molar refractivity (Wildman–Crippen MR) is 107 cm³/mol.